The van der Waals surface area contributed by atoms with Gasteiger partial charge in [-0.15, -0.1) is 0 Å². The number of carbonyl (C=O) groups is 2. The van der Waals surface area contributed by atoms with Crippen LogP contribution in [0.3, 0.4) is 0 Å². The topological polar surface area (TPSA) is 49.4 Å². The second-order valence-corrected chi connectivity index (χ2v) is 5.07. The molecular weight excluding hydrogens is 192 g/mol. The number of amides is 2. The Balaban J connectivity index is 2.53. The first-order chi connectivity index (χ1) is 6.83. The molecule has 1 fully saturated rings. The Labute approximate surface area is 91.0 Å². The maximum Gasteiger partial charge on any atom is 0.225 e. The molecule has 4 heteroatoms. The predicted octanol–water partition coefficient (Wildman–Crippen LogP) is 0.769. The summed E-state index contributed by atoms with van der Waals surface area (Å²) >= 11 is 0. The van der Waals surface area contributed by atoms with E-state index in [1.807, 2.05) is 27.7 Å². The maximum atomic E-state index is 11.8. The molecule has 1 rings (SSSR count). The van der Waals surface area contributed by atoms with Crippen LogP contribution in [-0.2, 0) is 9.59 Å². The molecule has 0 spiro atoms. The Morgan fingerprint density at radius 2 is 2.13 bits per heavy atom. The zero-order valence-electron chi connectivity index (χ0n) is 9.96. The standard InChI is InChI=1S/C11H20N2O2/c1-5-13-7-8(6-9(13)14)10(15)12-11(2,3)4/h8H,5-7H2,1-4H3,(H,12,15)/t8-/m1/s1. The lowest BCUT2D eigenvalue weighted by Gasteiger charge is -2.22. The van der Waals surface area contributed by atoms with Gasteiger partial charge in [-0.3, -0.25) is 9.59 Å². The van der Waals surface area contributed by atoms with Crippen LogP contribution in [0.4, 0.5) is 0 Å². The van der Waals surface area contributed by atoms with Gasteiger partial charge in [0.15, 0.2) is 0 Å². The summed E-state index contributed by atoms with van der Waals surface area (Å²) in [4.78, 5) is 24.9. The first kappa shape index (κ1) is 12.0. The van der Waals surface area contributed by atoms with Crippen molar-refractivity contribution in [3.63, 3.8) is 0 Å². The van der Waals surface area contributed by atoms with Gasteiger partial charge < -0.3 is 10.2 Å². The van der Waals surface area contributed by atoms with Crippen molar-refractivity contribution in [2.75, 3.05) is 13.1 Å². The highest BCUT2D eigenvalue weighted by molar-refractivity contribution is 5.89. The quantitative estimate of drug-likeness (QED) is 0.735. The van der Waals surface area contributed by atoms with E-state index in [1.54, 1.807) is 4.90 Å². The Morgan fingerprint density at radius 3 is 2.53 bits per heavy atom. The minimum absolute atomic E-state index is 0.00759. The van der Waals surface area contributed by atoms with Crippen LogP contribution in [-0.4, -0.2) is 35.3 Å². The van der Waals surface area contributed by atoms with Crippen molar-refractivity contribution in [3.05, 3.63) is 0 Å². The van der Waals surface area contributed by atoms with Crippen LogP contribution in [0, 0.1) is 5.92 Å². The highest BCUT2D eigenvalue weighted by Crippen LogP contribution is 2.18. The maximum absolute atomic E-state index is 11.8. The first-order valence-corrected chi connectivity index (χ1v) is 5.43. The lowest BCUT2D eigenvalue weighted by molar-refractivity contribution is -0.129. The number of rotatable bonds is 2. The van der Waals surface area contributed by atoms with Gasteiger partial charge in [-0.25, -0.2) is 0 Å². The van der Waals surface area contributed by atoms with E-state index in [-0.39, 0.29) is 23.3 Å². The number of carbonyl (C=O) groups excluding carboxylic acids is 2. The summed E-state index contributed by atoms with van der Waals surface area (Å²) in [5.41, 5.74) is -0.222. The average molecular weight is 212 g/mol. The Bertz CT molecular complexity index is 268. The average Bonchev–Trinajstić information content (AvgIpc) is 2.43. The largest absolute Gasteiger partial charge is 0.351 e. The van der Waals surface area contributed by atoms with Gasteiger partial charge >= 0.3 is 0 Å². The minimum Gasteiger partial charge on any atom is -0.351 e. The molecule has 0 saturated carbocycles. The monoisotopic (exact) mass is 212 g/mol. The summed E-state index contributed by atoms with van der Waals surface area (Å²) in [6.07, 6.45) is 0.357. The van der Waals surface area contributed by atoms with Crippen LogP contribution in [0.5, 0.6) is 0 Å². The Kier molecular flexibility index (Phi) is 3.37. The summed E-state index contributed by atoms with van der Waals surface area (Å²) in [5, 5.41) is 2.91. The molecule has 0 bridgehead atoms. The molecule has 1 heterocycles. The molecular formula is C11H20N2O2. The highest BCUT2D eigenvalue weighted by atomic mass is 16.2. The zero-order valence-corrected chi connectivity index (χ0v) is 9.96. The fourth-order valence-electron chi connectivity index (χ4n) is 1.73. The number of hydrogen-bond donors (Lipinski definition) is 1. The minimum atomic E-state index is -0.222. The molecule has 1 aliphatic heterocycles. The van der Waals surface area contributed by atoms with Gasteiger partial charge in [-0.2, -0.15) is 0 Å². The summed E-state index contributed by atoms with van der Waals surface area (Å²) in [6.45, 7) is 9.02. The van der Waals surface area contributed by atoms with Gasteiger partial charge in [-0.05, 0) is 27.7 Å². The van der Waals surface area contributed by atoms with Crippen LogP contribution in [0.25, 0.3) is 0 Å². The van der Waals surface area contributed by atoms with E-state index in [9.17, 15) is 9.59 Å². The number of hydrogen-bond acceptors (Lipinski definition) is 2. The van der Waals surface area contributed by atoms with Crippen LogP contribution in [0.2, 0.25) is 0 Å². The Hall–Kier alpha value is -1.06. The van der Waals surface area contributed by atoms with E-state index < -0.39 is 0 Å². The zero-order chi connectivity index (χ0) is 11.6. The van der Waals surface area contributed by atoms with E-state index >= 15 is 0 Å². The molecule has 0 aromatic heterocycles. The molecule has 0 aromatic carbocycles. The van der Waals surface area contributed by atoms with Crippen molar-refractivity contribution in [2.45, 2.75) is 39.7 Å². The van der Waals surface area contributed by atoms with Crippen molar-refractivity contribution in [1.82, 2.24) is 10.2 Å². The molecule has 4 nitrogen and oxygen atoms in total. The molecule has 0 radical (unpaired) electrons. The van der Waals surface area contributed by atoms with E-state index in [0.717, 1.165) is 0 Å². The first-order valence-electron chi connectivity index (χ1n) is 5.43. The fraction of sp³-hybridized carbons (Fsp3) is 0.818. The molecule has 2 amide bonds. The van der Waals surface area contributed by atoms with E-state index in [4.69, 9.17) is 0 Å². The predicted molar refractivity (Wildman–Crippen MR) is 58.3 cm³/mol. The van der Waals surface area contributed by atoms with Gasteiger partial charge in [0.1, 0.15) is 0 Å². The molecule has 1 saturated heterocycles. The summed E-state index contributed by atoms with van der Waals surface area (Å²) in [5.74, 6) is -0.0879. The van der Waals surface area contributed by atoms with Crippen LogP contribution >= 0.6 is 0 Å². The molecule has 1 atom stereocenters. The van der Waals surface area contributed by atoms with Crippen LogP contribution in [0.1, 0.15) is 34.1 Å². The van der Waals surface area contributed by atoms with Crippen molar-refractivity contribution < 1.29 is 9.59 Å². The van der Waals surface area contributed by atoms with E-state index in [1.165, 1.54) is 0 Å². The Morgan fingerprint density at radius 1 is 1.53 bits per heavy atom. The second-order valence-electron chi connectivity index (χ2n) is 5.07. The summed E-state index contributed by atoms with van der Waals surface area (Å²) in [7, 11) is 0. The molecule has 0 aromatic rings. The van der Waals surface area contributed by atoms with Gasteiger partial charge in [0, 0.05) is 25.0 Å². The van der Waals surface area contributed by atoms with Gasteiger partial charge in [0.05, 0.1) is 5.92 Å². The van der Waals surface area contributed by atoms with Gasteiger partial charge in [0.2, 0.25) is 11.8 Å². The van der Waals surface area contributed by atoms with Gasteiger partial charge in [0.25, 0.3) is 0 Å². The number of nitrogens with one attached hydrogen (secondary N) is 1. The third-order valence-electron chi connectivity index (χ3n) is 2.47. The lowest BCUT2D eigenvalue weighted by atomic mass is 10.0. The third-order valence-corrected chi connectivity index (χ3v) is 2.47. The van der Waals surface area contributed by atoms with Crippen LogP contribution < -0.4 is 5.32 Å². The van der Waals surface area contributed by atoms with E-state index in [0.29, 0.717) is 19.5 Å². The van der Waals surface area contributed by atoms with Crippen molar-refractivity contribution >= 4 is 11.8 Å². The number of likely N-dealkylation sites (tertiary alicyclic amines) is 1. The molecule has 0 unspecified atom stereocenters. The molecule has 1 aliphatic rings. The second kappa shape index (κ2) is 4.21. The van der Waals surface area contributed by atoms with Crippen molar-refractivity contribution in [3.8, 4) is 0 Å². The lowest BCUT2D eigenvalue weighted by Crippen LogP contribution is -2.44. The number of nitrogens with zero attached hydrogens (tertiary/aromatic N) is 1. The fourth-order valence-corrected chi connectivity index (χ4v) is 1.73. The summed E-state index contributed by atoms with van der Waals surface area (Å²) < 4.78 is 0. The SMILES string of the molecule is CCN1C[C@H](C(=O)NC(C)(C)C)CC1=O. The molecule has 15 heavy (non-hydrogen) atoms. The van der Waals surface area contributed by atoms with Crippen molar-refractivity contribution in [1.29, 1.82) is 0 Å². The smallest absolute Gasteiger partial charge is 0.225 e. The molecule has 1 N–H and O–H groups in total. The van der Waals surface area contributed by atoms with Gasteiger partial charge in [-0.1, -0.05) is 0 Å². The molecule has 86 valence electrons. The summed E-state index contributed by atoms with van der Waals surface area (Å²) in [6, 6.07) is 0. The normalized spacial score (nSPS) is 22.0. The van der Waals surface area contributed by atoms with Crippen molar-refractivity contribution in [2.24, 2.45) is 5.92 Å². The molecule has 0 aliphatic carbocycles. The third kappa shape index (κ3) is 3.22. The van der Waals surface area contributed by atoms with E-state index in [2.05, 4.69) is 5.32 Å². The highest BCUT2D eigenvalue weighted by Gasteiger charge is 2.34. The van der Waals surface area contributed by atoms with Crippen LogP contribution in [0.15, 0.2) is 0 Å².